The summed E-state index contributed by atoms with van der Waals surface area (Å²) in [6, 6.07) is 6.04. The van der Waals surface area contributed by atoms with E-state index in [0.29, 0.717) is 0 Å². The number of benzene rings is 1. The number of aromatic nitrogens is 2. The summed E-state index contributed by atoms with van der Waals surface area (Å²) in [6.45, 7) is 0. The van der Waals surface area contributed by atoms with Crippen molar-refractivity contribution in [1.82, 2.24) is 9.97 Å². The molecule has 0 saturated heterocycles. The first-order chi connectivity index (χ1) is 8.54. The molecule has 6 nitrogen and oxygen atoms in total. The molecule has 2 rings (SSSR count). The minimum atomic E-state index is -0.739. The zero-order valence-corrected chi connectivity index (χ0v) is 8.99. The van der Waals surface area contributed by atoms with Gasteiger partial charge in [0.15, 0.2) is 0 Å². The van der Waals surface area contributed by atoms with Crippen molar-refractivity contribution in [2.24, 2.45) is 0 Å². The maximum Gasteiger partial charge on any atom is 0.327 e. The predicted molar refractivity (Wildman–Crippen MR) is 62.0 cm³/mol. The summed E-state index contributed by atoms with van der Waals surface area (Å²) < 4.78 is 12.9. The Morgan fingerprint density at radius 2 is 1.94 bits per heavy atom. The third-order valence-corrected chi connectivity index (χ3v) is 2.10. The predicted octanol–water partition coefficient (Wildman–Crippen LogP) is 0.455. The van der Waals surface area contributed by atoms with Crippen LogP contribution in [-0.2, 0) is 0 Å². The molecule has 92 valence electrons. The summed E-state index contributed by atoms with van der Waals surface area (Å²) >= 11 is 0. The Bertz CT molecular complexity index is 677. The van der Waals surface area contributed by atoms with Gasteiger partial charge in [-0.25, -0.2) is 9.18 Å². The number of hydrogen-bond donors (Lipinski definition) is 3. The first-order valence-corrected chi connectivity index (χ1v) is 4.95. The molecule has 0 fully saturated rings. The number of carbonyl (C=O) groups is 1. The molecule has 1 aromatic heterocycles. The van der Waals surface area contributed by atoms with E-state index in [0.717, 1.165) is 12.1 Å². The van der Waals surface area contributed by atoms with E-state index in [2.05, 4.69) is 10.3 Å². The van der Waals surface area contributed by atoms with Crippen molar-refractivity contribution in [1.29, 1.82) is 0 Å². The molecular formula is C11H8FN3O3. The second kappa shape index (κ2) is 4.66. The molecule has 1 aromatic carbocycles. The molecule has 0 unspecified atom stereocenters. The van der Waals surface area contributed by atoms with Gasteiger partial charge in [0.1, 0.15) is 11.6 Å². The van der Waals surface area contributed by atoms with Crippen LogP contribution in [0.15, 0.2) is 39.9 Å². The van der Waals surface area contributed by atoms with Crippen molar-refractivity contribution in [3.05, 3.63) is 62.6 Å². The molecule has 2 aromatic rings. The Morgan fingerprint density at radius 3 is 2.61 bits per heavy atom. The standard InChI is InChI=1S/C11H8FN3O3/c12-7-3-1-2-6(4-7)10(17)13-8-5-9(16)15-11(18)14-8/h1-5H,(H3,13,14,15,16,17,18). The summed E-state index contributed by atoms with van der Waals surface area (Å²) in [5.41, 5.74) is -1.30. The van der Waals surface area contributed by atoms with Crippen molar-refractivity contribution in [2.75, 3.05) is 5.32 Å². The number of aromatic amines is 2. The zero-order chi connectivity index (χ0) is 13.1. The second-order valence-corrected chi connectivity index (χ2v) is 3.47. The highest BCUT2D eigenvalue weighted by atomic mass is 19.1. The lowest BCUT2D eigenvalue weighted by Gasteiger charge is -2.04. The monoisotopic (exact) mass is 249 g/mol. The summed E-state index contributed by atoms with van der Waals surface area (Å²) in [4.78, 5) is 37.8. The molecule has 0 spiro atoms. The fraction of sp³-hybridized carbons (Fsp3) is 0. The summed E-state index contributed by atoms with van der Waals surface area (Å²) in [5.74, 6) is -1.24. The van der Waals surface area contributed by atoms with E-state index in [4.69, 9.17) is 0 Å². The number of anilines is 1. The van der Waals surface area contributed by atoms with Crippen LogP contribution in [0.5, 0.6) is 0 Å². The number of amides is 1. The van der Waals surface area contributed by atoms with E-state index < -0.39 is 23.0 Å². The van der Waals surface area contributed by atoms with Crippen molar-refractivity contribution in [2.45, 2.75) is 0 Å². The lowest BCUT2D eigenvalue weighted by Crippen LogP contribution is -2.24. The van der Waals surface area contributed by atoms with Crippen molar-refractivity contribution >= 4 is 11.7 Å². The van der Waals surface area contributed by atoms with Gasteiger partial charge in [-0.1, -0.05) is 6.07 Å². The molecular weight excluding hydrogens is 241 g/mol. The van der Waals surface area contributed by atoms with Gasteiger partial charge in [-0.2, -0.15) is 0 Å². The van der Waals surface area contributed by atoms with Crippen molar-refractivity contribution in [3.63, 3.8) is 0 Å². The fourth-order valence-corrected chi connectivity index (χ4v) is 1.36. The third kappa shape index (κ3) is 2.70. The first kappa shape index (κ1) is 11.8. The highest BCUT2D eigenvalue weighted by molar-refractivity contribution is 6.03. The number of H-pyrrole nitrogens is 2. The molecule has 0 bridgehead atoms. The molecule has 18 heavy (non-hydrogen) atoms. The minimum Gasteiger partial charge on any atom is -0.308 e. The van der Waals surface area contributed by atoms with E-state index in [-0.39, 0.29) is 11.4 Å². The zero-order valence-electron chi connectivity index (χ0n) is 8.99. The molecule has 0 atom stereocenters. The molecule has 0 aliphatic rings. The van der Waals surface area contributed by atoms with Gasteiger partial charge in [0.25, 0.3) is 11.5 Å². The van der Waals surface area contributed by atoms with Crippen LogP contribution >= 0.6 is 0 Å². The molecule has 3 N–H and O–H groups in total. The van der Waals surface area contributed by atoms with Gasteiger partial charge in [0.2, 0.25) is 0 Å². The smallest absolute Gasteiger partial charge is 0.308 e. The maximum absolute atomic E-state index is 12.9. The van der Waals surface area contributed by atoms with Crippen LogP contribution in [0.4, 0.5) is 10.2 Å². The van der Waals surface area contributed by atoms with Gasteiger partial charge in [-0.3, -0.25) is 19.6 Å². The minimum absolute atomic E-state index is 0.0574. The lowest BCUT2D eigenvalue weighted by atomic mass is 10.2. The van der Waals surface area contributed by atoms with Crippen LogP contribution in [0.3, 0.4) is 0 Å². The molecule has 0 aliphatic carbocycles. The Kier molecular flexibility index (Phi) is 3.05. The van der Waals surface area contributed by atoms with Crippen LogP contribution in [0.1, 0.15) is 10.4 Å². The first-order valence-electron chi connectivity index (χ1n) is 4.95. The third-order valence-electron chi connectivity index (χ3n) is 2.10. The van der Waals surface area contributed by atoms with Gasteiger partial charge in [-0.05, 0) is 18.2 Å². The van der Waals surface area contributed by atoms with Crippen LogP contribution < -0.4 is 16.6 Å². The number of rotatable bonds is 2. The Hall–Kier alpha value is -2.70. The number of hydrogen-bond acceptors (Lipinski definition) is 3. The Labute approximate surface area is 99.5 Å². The highest BCUT2D eigenvalue weighted by Gasteiger charge is 2.07. The summed E-state index contributed by atoms with van der Waals surface area (Å²) in [7, 11) is 0. The van der Waals surface area contributed by atoms with E-state index in [1.807, 2.05) is 4.98 Å². The number of nitrogens with one attached hydrogen (secondary N) is 3. The topological polar surface area (TPSA) is 94.8 Å². The molecule has 7 heteroatoms. The second-order valence-electron chi connectivity index (χ2n) is 3.47. The van der Waals surface area contributed by atoms with Crippen LogP contribution in [0.2, 0.25) is 0 Å². The van der Waals surface area contributed by atoms with E-state index in [1.165, 1.54) is 18.2 Å². The Morgan fingerprint density at radius 1 is 1.17 bits per heavy atom. The number of halogens is 1. The van der Waals surface area contributed by atoms with Gasteiger partial charge >= 0.3 is 5.69 Å². The average Bonchev–Trinajstić information content (AvgIpc) is 2.27. The van der Waals surface area contributed by atoms with Gasteiger partial charge in [0.05, 0.1) is 0 Å². The molecule has 0 saturated carbocycles. The van der Waals surface area contributed by atoms with Crippen molar-refractivity contribution < 1.29 is 9.18 Å². The quantitative estimate of drug-likeness (QED) is 0.721. The van der Waals surface area contributed by atoms with Gasteiger partial charge in [0, 0.05) is 11.6 Å². The molecule has 0 radical (unpaired) electrons. The van der Waals surface area contributed by atoms with Gasteiger partial charge < -0.3 is 5.32 Å². The summed E-state index contributed by atoms with van der Waals surface area (Å²) in [5, 5.41) is 2.29. The average molecular weight is 249 g/mol. The van der Waals surface area contributed by atoms with E-state index >= 15 is 0 Å². The van der Waals surface area contributed by atoms with Crippen LogP contribution in [-0.4, -0.2) is 15.9 Å². The molecule has 0 aliphatic heterocycles. The SMILES string of the molecule is O=C(Nc1cc(=O)[nH]c(=O)[nH]1)c1cccc(F)c1. The van der Waals surface area contributed by atoms with Crippen LogP contribution in [0, 0.1) is 5.82 Å². The molecule has 1 heterocycles. The largest absolute Gasteiger partial charge is 0.327 e. The fourth-order valence-electron chi connectivity index (χ4n) is 1.36. The van der Waals surface area contributed by atoms with Crippen molar-refractivity contribution in [3.8, 4) is 0 Å². The normalized spacial score (nSPS) is 10.1. The van der Waals surface area contributed by atoms with Crippen LogP contribution in [0.25, 0.3) is 0 Å². The van der Waals surface area contributed by atoms with E-state index in [1.54, 1.807) is 0 Å². The molecule has 1 amide bonds. The highest BCUT2D eigenvalue weighted by Crippen LogP contribution is 2.05. The number of carbonyl (C=O) groups excluding carboxylic acids is 1. The van der Waals surface area contributed by atoms with Gasteiger partial charge in [-0.15, -0.1) is 0 Å². The maximum atomic E-state index is 12.9. The van der Waals surface area contributed by atoms with E-state index in [9.17, 15) is 18.8 Å². The Balaban J connectivity index is 2.26. The lowest BCUT2D eigenvalue weighted by molar-refractivity contribution is 0.102. The summed E-state index contributed by atoms with van der Waals surface area (Å²) in [6.07, 6.45) is 0.